The van der Waals surface area contributed by atoms with Crippen molar-refractivity contribution in [2.75, 3.05) is 0 Å². The van der Waals surface area contributed by atoms with Gasteiger partial charge in [-0.25, -0.2) is 13.6 Å². The van der Waals surface area contributed by atoms with Gasteiger partial charge in [0.05, 0.1) is 0 Å². The Hall–Kier alpha value is -3.00. The summed E-state index contributed by atoms with van der Waals surface area (Å²) in [5, 5.41) is 16.9. The number of aromatic nitrogens is 2. The molecule has 0 unspecified atom stereocenters. The summed E-state index contributed by atoms with van der Waals surface area (Å²) in [6.07, 6.45) is 1.30. The lowest BCUT2D eigenvalue weighted by molar-refractivity contribution is -0.131. The van der Waals surface area contributed by atoms with Crippen LogP contribution in [0.5, 0.6) is 0 Å². The van der Waals surface area contributed by atoms with Crippen LogP contribution < -0.4 is 0 Å². The van der Waals surface area contributed by atoms with Crippen molar-refractivity contribution < 1.29 is 23.1 Å². The second-order valence-electron chi connectivity index (χ2n) is 4.85. The number of carboxylic acid groups (broad SMARTS) is 1. The average Bonchev–Trinajstić information content (AvgIpc) is 3.03. The molecule has 0 saturated carbocycles. The van der Waals surface area contributed by atoms with Gasteiger partial charge in [-0.05, 0) is 59.8 Å². The molecule has 1 heterocycles. The molecule has 0 saturated heterocycles. The summed E-state index contributed by atoms with van der Waals surface area (Å²) in [5.41, 5.74) is 0.898. The third kappa shape index (κ3) is 4.30. The number of thioether (sulfide) groups is 1. The monoisotopic (exact) mass is 360 g/mol. The van der Waals surface area contributed by atoms with Crippen molar-refractivity contribution >= 4 is 23.8 Å². The maximum absolute atomic E-state index is 13.2. The minimum absolute atomic E-state index is 0.00405. The Labute approximate surface area is 145 Å². The van der Waals surface area contributed by atoms with Crippen molar-refractivity contribution in [1.29, 1.82) is 0 Å². The Kier molecular flexibility index (Phi) is 4.90. The molecule has 2 aromatic carbocycles. The van der Waals surface area contributed by atoms with Crippen LogP contribution in [0.3, 0.4) is 0 Å². The predicted octanol–water partition coefficient (Wildman–Crippen LogP) is 4.23. The lowest BCUT2D eigenvalue weighted by Gasteiger charge is -1.99. The van der Waals surface area contributed by atoms with Crippen LogP contribution in [0, 0.1) is 11.6 Å². The summed E-state index contributed by atoms with van der Waals surface area (Å²) in [7, 11) is 0. The molecule has 0 amide bonds. The molecule has 0 aliphatic carbocycles. The number of halogens is 2. The van der Waals surface area contributed by atoms with Crippen LogP contribution in [-0.4, -0.2) is 21.3 Å². The fourth-order valence-electron chi connectivity index (χ4n) is 1.94. The first-order valence-electron chi connectivity index (χ1n) is 6.99. The number of hydrogen-bond acceptors (Lipinski definition) is 5. The number of hydrogen-bond donors (Lipinski definition) is 1. The zero-order chi connectivity index (χ0) is 17.8. The van der Waals surface area contributed by atoms with Gasteiger partial charge in [0.2, 0.25) is 5.89 Å². The Balaban J connectivity index is 1.84. The van der Waals surface area contributed by atoms with Crippen LogP contribution in [0.25, 0.3) is 17.5 Å². The summed E-state index contributed by atoms with van der Waals surface area (Å²) < 4.78 is 31.5. The van der Waals surface area contributed by atoms with Crippen LogP contribution in [-0.2, 0) is 4.79 Å². The summed E-state index contributed by atoms with van der Waals surface area (Å²) in [6.45, 7) is 0. The van der Waals surface area contributed by atoms with Gasteiger partial charge >= 0.3 is 5.97 Å². The number of benzene rings is 2. The molecule has 0 atom stereocenters. The van der Waals surface area contributed by atoms with Gasteiger partial charge in [0.25, 0.3) is 5.22 Å². The molecule has 0 aliphatic heterocycles. The molecule has 3 rings (SSSR count). The van der Waals surface area contributed by atoms with E-state index in [0.29, 0.717) is 11.1 Å². The first-order valence-corrected chi connectivity index (χ1v) is 7.81. The Morgan fingerprint density at radius 1 is 1.08 bits per heavy atom. The Bertz CT molecular complexity index is 939. The van der Waals surface area contributed by atoms with Gasteiger partial charge in [0.1, 0.15) is 16.5 Å². The molecule has 0 radical (unpaired) electrons. The van der Waals surface area contributed by atoms with E-state index >= 15 is 0 Å². The van der Waals surface area contributed by atoms with E-state index in [4.69, 9.17) is 4.42 Å². The van der Waals surface area contributed by atoms with Crippen LogP contribution >= 0.6 is 11.8 Å². The van der Waals surface area contributed by atoms with Gasteiger partial charge in [-0.2, -0.15) is 0 Å². The maximum Gasteiger partial charge on any atom is 0.342 e. The molecular weight excluding hydrogens is 350 g/mol. The summed E-state index contributed by atoms with van der Waals surface area (Å²) in [6, 6.07) is 11.0. The van der Waals surface area contributed by atoms with E-state index in [2.05, 4.69) is 10.2 Å². The van der Waals surface area contributed by atoms with Crippen LogP contribution in [0.2, 0.25) is 0 Å². The molecule has 126 valence electrons. The zero-order valence-corrected chi connectivity index (χ0v) is 13.3. The van der Waals surface area contributed by atoms with Crippen molar-refractivity contribution in [2.24, 2.45) is 0 Å². The number of carboxylic acids is 1. The van der Waals surface area contributed by atoms with Gasteiger partial charge in [-0.3, -0.25) is 0 Å². The maximum atomic E-state index is 13.2. The van der Waals surface area contributed by atoms with Crippen LogP contribution in [0.15, 0.2) is 63.1 Å². The smallest absolute Gasteiger partial charge is 0.342 e. The largest absolute Gasteiger partial charge is 0.477 e. The van der Waals surface area contributed by atoms with E-state index in [0.717, 1.165) is 11.8 Å². The number of nitrogens with zero attached hydrogens (tertiary/aromatic N) is 2. The highest BCUT2D eigenvalue weighted by molar-refractivity contribution is 8.03. The number of aliphatic carboxylic acids is 1. The molecule has 0 bridgehead atoms. The fraction of sp³-hybridized carbons (Fsp3) is 0. The third-order valence-corrected chi connectivity index (χ3v) is 3.90. The van der Waals surface area contributed by atoms with Crippen molar-refractivity contribution in [3.8, 4) is 11.5 Å². The van der Waals surface area contributed by atoms with Crippen molar-refractivity contribution in [3.05, 3.63) is 70.6 Å². The van der Waals surface area contributed by atoms with E-state index in [1.165, 1.54) is 48.5 Å². The van der Waals surface area contributed by atoms with E-state index < -0.39 is 17.6 Å². The fourth-order valence-corrected chi connectivity index (χ4v) is 2.61. The molecule has 3 aromatic rings. The standard InChI is InChI=1S/C17H10F2N2O3S/c18-12-6-4-11(5-7-12)15-20-21-17(24-15)25-14(16(22)23)9-10-2-1-3-13(19)8-10/h1-9H,(H,22,23). The van der Waals surface area contributed by atoms with Crippen molar-refractivity contribution in [2.45, 2.75) is 5.22 Å². The van der Waals surface area contributed by atoms with E-state index in [1.54, 1.807) is 6.07 Å². The highest BCUT2D eigenvalue weighted by Crippen LogP contribution is 2.30. The van der Waals surface area contributed by atoms with Gasteiger partial charge < -0.3 is 9.52 Å². The zero-order valence-electron chi connectivity index (χ0n) is 12.5. The highest BCUT2D eigenvalue weighted by atomic mass is 32.2. The normalized spacial score (nSPS) is 11.5. The average molecular weight is 360 g/mol. The molecule has 25 heavy (non-hydrogen) atoms. The van der Waals surface area contributed by atoms with Gasteiger partial charge in [-0.1, -0.05) is 12.1 Å². The first kappa shape index (κ1) is 16.8. The van der Waals surface area contributed by atoms with Crippen LogP contribution in [0.4, 0.5) is 8.78 Å². The second-order valence-corrected chi connectivity index (χ2v) is 5.84. The minimum atomic E-state index is -1.21. The van der Waals surface area contributed by atoms with Crippen LogP contribution in [0.1, 0.15) is 5.56 Å². The summed E-state index contributed by atoms with van der Waals surface area (Å²) in [4.78, 5) is 11.3. The second kappa shape index (κ2) is 7.27. The van der Waals surface area contributed by atoms with E-state index in [9.17, 15) is 18.7 Å². The quantitative estimate of drug-likeness (QED) is 0.542. The molecule has 8 heteroatoms. The first-order chi connectivity index (χ1) is 12.0. The van der Waals surface area contributed by atoms with E-state index in [1.807, 2.05) is 0 Å². The number of rotatable bonds is 5. The Morgan fingerprint density at radius 3 is 2.52 bits per heavy atom. The predicted molar refractivity (Wildman–Crippen MR) is 87.6 cm³/mol. The molecule has 1 aromatic heterocycles. The minimum Gasteiger partial charge on any atom is -0.477 e. The summed E-state index contributed by atoms with van der Waals surface area (Å²) >= 11 is 0.741. The lowest BCUT2D eigenvalue weighted by Crippen LogP contribution is -1.96. The van der Waals surface area contributed by atoms with E-state index in [-0.39, 0.29) is 16.0 Å². The third-order valence-electron chi connectivity index (χ3n) is 3.05. The molecule has 0 fully saturated rings. The molecular formula is C17H10F2N2O3S. The summed E-state index contributed by atoms with van der Waals surface area (Å²) in [5.74, 6) is -1.95. The molecule has 0 aliphatic rings. The molecule has 0 spiro atoms. The van der Waals surface area contributed by atoms with Gasteiger partial charge in [-0.15, -0.1) is 10.2 Å². The highest BCUT2D eigenvalue weighted by Gasteiger charge is 2.16. The van der Waals surface area contributed by atoms with Crippen molar-refractivity contribution in [3.63, 3.8) is 0 Å². The molecule has 1 N–H and O–H groups in total. The Morgan fingerprint density at radius 2 is 1.84 bits per heavy atom. The topological polar surface area (TPSA) is 76.2 Å². The SMILES string of the molecule is O=C(O)C(=Cc1cccc(F)c1)Sc1nnc(-c2ccc(F)cc2)o1. The lowest BCUT2D eigenvalue weighted by atomic mass is 10.2. The number of carbonyl (C=O) groups is 1. The van der Waals surface area contributed by atoms with Gasteiger partial charge in [0, 0.05) is 5.56 Å². The molecule has 5 nitrogen and oxygen atoms in total. The van der Waals surface area contributed by atoms with Gasteiger partial charge in [0.15, 0.2) is 0 Å². The van der Waals surface area contributed by atoms with Crippen molar-refractivity contribution in [1.82, 2.24) is 10.2 Å².